The van der Waals surface area contributed by atoms with E-state index >= 15 is 0 Å². The van der Waals surface area contributed by atoms with Crippen molar-refractivity contribution in [1.82, 2.24) is 14.7 Å². The molecule has 0 spiro atoms. The highest BCUT2D eigenvalue weighted by Crippen LogP contribution is 2.31. The lowest BCUT2D eigenvalue weighted by Crippen LogP contribution is -2.25. The predicted molar refractivity (Wildman–Crippen MR) is 99.3 cm³/mol. The number of benzene rings is 1. The Balaban J connectivity index is 1.36. The van der Waals surface area contributed by atoms with Gasteiger partial charge in [0.1, 0.15) is 12.3 Å². The van der Waals surface area contributed by atoms with Crippen LogP contribution in [-0.2, 0) is 16.1 Å². The first-order valence-corrected chi connectivity index (χ1v) is 9.47. The number of rotatable bonds is 5. The Morgan fingerprint density at radius 2 is 2.15 bits per heavy atom. The molecule has 7 nitrogen and oxygen atoms in total. The van der Waals surface area contributed by atoms with Gasteiger partial charge in [0, 0.05) is 29.6 Å². The molecule has 0 radical (unpaired) electrons. The maximum atomic E-state index is 12.2. The molecule has 0 aliphatic carbocycles. The van der Waals surface area contributed by atoms with E-state index in [0.29, 0.717) is 22.4 Å². The standard InChI is InChI=1S/C19H17N3O4S/c1-12-2-4-13(5-3-12)16-8-14(21-26-16)10-25-18(24)9-15-11-27-19-20-7-6-17(23)22(15)19/h2-8,15H,9-11H2,1H3. The molecule has 3 aromatic rings. The van der Waals surface area contributed by atoms with E-state index < -0.39 is 0 Å². The fourth-order valence-corrected chi connectivity index (χ4v) is 4.00. The first kappa shape index (κ1) is 17.5. The molecular weight excluding hydrogens is 366 g/mol. The number of hydrogen-bond acceptors (Lipinski definition) is 7. The summed E-state index contributed by atoms with van der Waals surface area (Å²) in [4.78, 5) is 28.3. The van der Waals surface area contributed by atoms with Crippen LogP contribution in [0.4, 0.5) is 0 Å². The molecule has 8 heteroatoms. The van der Waals surface area contributed by atoms with Gasteiger partial charge in [0.15, 0.2) is 10.9 Å². The number of aromatic nitrogens is 3. The van der Waals surface area contributed by atoms with Gasteiger partial charge in [0.05, 0.1) is 12.5 Å². The summed E-state index contributed by atoms with van der Waals surface area (Å²) in [6, 6.07) is 10.8. The zero-order valence-corrected chi connectivity index (χ0v) is 15.4. The van der Waals surface area contributed by atoms with E-state index in [4.69, 9.17) is 9.26 Å². The Morgan fingerprint density at radius 3 is 2.96 bits per heavy atom. The van der Waals surface area contributed by atoms with Crippen LogP contribution in [0.5, 0.6) is 0 Å². The van der Waals surface area contributed by atoms with Gasteiger partial charge in [-0.15, -0.1) is 0 Å². The average molecular weight is 383 g/mol. The number of ether oxygens (including phenoxy) is 1. The number of aryl methyl sites for hydroxylation is 1. The molecule has 27 heavy (non-hydrogen) atoms. The quantitative estimate of drug-likeness (QED) is 0.494. The second-order valence-corrected chi connectivity index (χ2v) is 7.30. The minimum atomic E-state index is -0.385. The molecular formula is C19H17N3O4S. The van der Waals surface area contributed by atoms with Gasteiger partial charge in [-0.1, -0.05) is 46.7 Å². The Hall–Kier alpha value is -2.87. The highest BCUT2D eigenvalue weighted by molar-refractivity contribution is 7.99. The Labute approximate surface area is 159 Å². The molecule has 138 valence electrons. The van der Waals surface area contributed by atoms with Crippen molar-refractivity contribution >= 4 is 17.7 Å². The highest BCUT2D eigenvalue weighted by atomic mass is 32.2. The largest absolute Gasteiger partial charge is 0.459 e. The summed E-state index contributed by atoms with van der Waals surface area (Å²) in [5, 5.41) is 4.59. The van der Waals surface area contributed by atoms with Crippen molar-refractivity contribution in [2.24, 2.45) is 0 Å². The zero-order valence-electron chi connectivity index (χ0n) is 14.6. The van der Waals surface area contributed by atoms with Crippen LogP contribution in [0.15, 0.2) is 57.1 Å². The molecule has 0 bridgehead atoms. The molecule has 0 amide bonds. The van der Waals surface area contributed by atoms with Gasteiger partial charge < -0.3 is 9.26 Å². The van der Waals surface area contributed by atoms with Crippen LogP contribution >= 0.6 is 11.8 Å². The summed E-state index contributed by atoms with van der Waals surface area (Å²) in [6.07, 6.45) is 1.60. The van der Waals surface area contributed by atoms with Gasteiger partial charge in [-0.25, -0.2) is 4.98 Å². The van der Waals surface area contributed by atoms with Crippen LogP contribution < -0.4 is 5.56 Å². The van der Waals surface area contributed by atoms with E-state index in [9.17, 15) is 9.59 Å². The van der Waals surface area contributed by atoms with E-state index in [2.05, 4.69) is 10.1 Å². The second-order valence-electron chi connectivity index (χ2n) is 6.31. The SMILES string of the molecule is Cc1ccc(-c2cc(COC(=O)CC3CSc4nccc(=O)n43)no2)cc1. The summed E-state index contributed by atoms with van der Waals surface area (Å²) in [6.45, 7) is 2.04. The summed E-state index contributed by atoms with van der Waals surface area (Å²) in [5.74, 6) is 0.868. The summed E-state index contributed by atoms with van der Waals surface area (Å²) < 4.78 is 12.2. The van der Waals surface area contributed by atoms with Crippen LogP contribution in [-0.4, -0.2) is 26.4 Å². The molecule has 1 aliphatic rings. The van der Waals surface area contributed by atoms with Crippen LogP contribution in [0, 0.1) is 6.92 Å². The third kappa shape index (κ3) is 3.80. The van der Waals surface area contributed by atoms with Crippen molar-refractivity contribution in [3.05, 3.63) is 64.2 Å². The minimum Gasteiger partial charge on any atom is -0.459 e. The van der Waals surface area contributed by atoms with E-state index in [-0.39, 0.29) is 30.6 Å². The summed E-state index contributed by atoms with van der Waals surface area (Å²) >= 11 is 1.47. The normalized spacial score (nSPS) is 15.5. The van der Waals surface area contributed by atoms with E-state index in [1.165, 1.54) is 24.0 Å². The topological polar surface area (TPSA) is 87.2 Å². The van der Waals surface area contributed by atoms with E-state index in [1.54, 1.807) is 10.6 Å². The van der Waals surface area contributed by atoms with Crippen LogP contribution in [0.1, 0.15) is 23.7 Å². The molecule has 0 saturated carbocycles. The van der Waals surface area contributed by atoms with Gasteiger partial charge in [0.25, 0.3) is 5.56 Å². The molecule has 3 heterocycles. The number of fused-ring (bicyclic) bond motifs is 1. The molecule has 0 saturated heterocycles. The maximum absolute atomic E-state index is 12.2. The Morgan fingerprint density at radius 1 is 1.33 bits per heavy atom. The number of carbonyl (C=O) groups is 1. The van der Waals surface area contributed by atoms with Crippen molar-refractivity contribution in [1.29, 1.82) is 0 Å². The molecule has 2 aromatic heterocycles. The molecule has 1 atom stereocenters. The average Bonchev–Trinajstić information content (AvgIpc) is 3.29. The smallest absolute Gasteiger partial charge is 0.308 e. The van der Waals surface area contributed by atoms with Crippen molar-refractivity contribution in [2.45, 2.75) is 31.1 Å². The molecule has 0 N–H and O–H groups in total. The van der Waals surface area contributed by atoms with Gasteiger partial charge in [0.2, 0.25) is 0 Å². The third-order valence-corrected chi connectivity index (χ3v) is 5.41. The van der Waals surface area contributed by atoms with E-state index in [1.807, 2.05) is 31.2 Å². The number of esters is 1. The van der Waals surface area contributed by atoms with Crippen LogP contribution in [0.25, 0.3) is 11.3 Å². The van der Waals surface area contributed by atoms with Crippen molar-refractivity contribution < 1.29 is 14.1 Å². The third-order valence-electron chi connectivity index (χ3n) is 4.29. The zero-order chi connectivity index (χ0) is 18.8. The van der Waals surface area contributed by atoms with Gasteiger partial charge in [-0.05, 0) is 6.92 Å². The minimum absolute atomic E-state index is 0.0306. The maximum Gasteiger partial charge on any atom is 0.308 e. The van der Waals surface area contributed by atoms with Gasteiger partial charge in [-0.3, -0.25) is 14.2 Å². The lowest BCUT2D eigenvalue weighted by molar-refractivity contribution is -0.145. The van der Waals surface area contributed by atoms with Crippen LogP contribution in [0.3, 0.4) is 0 Å². The van der Waals surface area contributed by atoms with Crippen molar-refractivity contribution in [2.75, 3.05) is 5.75 Å². The van der Waals surface area contributed by atoms with Crippen molar-refractivity contribution in [3.63, 3.8) is 0 Å². The molecule has 1 aromatic carbocycles. The number of carbonyl (C=O) groups excluding carboxylic acids is 1. The van der Waals surface area contributed by atoms with Crippen LogP contribution in [0.2, 0.25) is 0 Å². The molecule has 1 unspecified atom stereocenters. The van der Waals surface area contributed by atoms with Gasteiger partial charge >= 0.3 is 5.97 Å². The molecule has 0 fully saturated rings. The fraction of sp³-hybridized carbons (Fsp3) is 0.263. The number of nitrogens with zero attached hydrogens (tertiary/aromatic N) is 3. The highest BCUT2D eigenvalue weighted by Gasteiger charge is 2.27. The Bertz CT molecular complexity index is 1030. The summed E-state index contributed by atoms with van der Waals surface area (Å²) in [5.41, 5.74) is 2.46. The predicted octanol–water partition coefficient (Wildman–Crippen LogP) is 2.99. The number of thioether (sulfide) groups is 1. The van der Waals surface area contributed by atoms with E-state index in [0.717, 1.165) is 11.1 Å². The Kier molecular flexibility index (Phi) is 4.81. The first-order valence-electron chi connectivity index (χ1n) is 8.49. The fourth-order valence-electron chi connectivity index (χ4n) is 2.88. The second kappa shape index (κ2) is 7.40. The first-order chi connectivity index (χ1) is 13.1. The lowest BCUT2D eigenvalue weighted by Gasteiger charge is -2.11. The monoisotopic (exact) mass is 383 g/mol. The van der Waals surface area contributed by atoms with Gasteiger partial charge in [-0.2, -0.15) is 0 Å². The van der Waals surface area contributed by atoms with Crippen molar-refractivity contribution in [3.8, 4) is 11.3 Å². The number of hydrogen-bond donors (Lipinski definition) is 0. The lowest BCUT2D eigenvalue weighted by atomic mass is 10.1. The molecule has 4 rings (SSSR count). The summed E-state index contributed by atoms with van der Waals surface area (Å²) in [7, 11) is 0. The molecule has 1 aliphatic heterocycles.